The number of carbonyl (C=O) groups excluding carboxylic acids is 1. The Morgan fingerprint density at radius 3 is 2.50 bits per heavy atom. The largest absolute Gasteiger partial charge is 0.416 e. The summed E-state index contributed by atoms with van der Waals surface area (Å²) in [4.78, 5) is 13.0. The van der Waals surface area contributed by atoms with E-state index in [0.717, 1.165) is 18.2 Å². The van der Waals surface area contributed by atoms with Gasteiger partial charge in [0.05, 0.1) is 23.5 Å². The van der Waals surface area contributed by atoms with E-state index in [-0.39, 0.29) is 17.9 Å². The molecule has 0 atom stereocenters. The molecule has 0 radical (unpaired) electrons. The fourth-order valence-electron chi connectivity index (χ4n) is 1.32. The number of carbonyl (C=O) groups is 1. The van der Waals surface area contributed by atoms with Crippen LogP contribution in [0.2, 0.25) is 0 Å². The number of amides is 1. The number of nitrogen functional groups attached to an aromatic ring is 1. The number of alkyl halides is 3. The van der Waals surface area contributed by atoms with E-state index in [1.54, 1.807) is 19.0 Å². The number of hydrogen-bond acceptors (Lipinski definition) is 3. The lowest BCUT2D eigenvalue weighted by Gasteiger charge is -2.14. The van der Waals surface area contributed by atoms with Gasteiger partial charge < -0.3 is 16.0 Å². The van der Waals surface area contributed by atoms with Crippen LogP contribution in [-0.4, -0.2) is 31.4 Å². The number of likely N-dealkylation sites (N-methyl/N-ethyl adjacent to an activating group) is 1. The van der Waals surface area contributed by atoms with E-state index in [9.17, 15) is 18.0 Å². The molecule has 1 aromatic rings. The summed E-state index contributed by atoms with van der Waals surface area (Å²) < 4.78 is 37.5. The summed E-state index contributed by atoms with van der Waals surface area (Å²) in [5.41, 5.74) is 4.73. The van der Waals surface area contributed by atoms with E-state index < -0.39 is 17.6 Å². The third kappa shape index (κ3) is 3.92. The Morgan fingerprint density at radius 2 is 2.00 bits per heavy atom. The van der Waals surface area contributed by atoms with Crippen molar-refractivity contribution in [1.29, 1.82) is 0 Å². The molecular weight excluding hydrogens is 247 g/mol. The van der Waals surface area contributed by atoms with Gasteiger partial charge in [-0.15, -0.1) is 0 Å². The van der Waals surface area contributed by atoms with Crippen LogP contribution in [0.25, 0.3) is 0 Å². The minimum Gasteiger partial charge on any atom is -0.397 e. The molecule has 1 aromatic carbocycles. The third-order valence-electron chi connectivity index (χ3n) is 2.11. The SMILES string of the molecule is CN(C)CC(=O)Nc1cc(C(F)(F)F)ccc1N. The number of nitrogens with zero attached hydrogens (tertiary/aromatic N) is 1. The Balaban J connectivity index is 2.92. The number of nitrogens with one attached hydrogen (secondary N) is 1. The first-order chi connectivity index (χ1) is 8.20. The fourth-order valence-corrected chi connectivity index (χ4v) is 1.32. The van der Waals surface area contributed by atoms with Crippen molar-refractivity contribution in [3.05, 3.63) is 23.8 Å². The van der Waals surface area contributed by atoms with Gasteiger partial charge in [0.2, 0.25) is 5.91 Å². The monoisotopic (exact) mass is 261 g/mol. The lowest BCUT2D eigenvalue weighted by molar-refractivity contribution is -0.137. The van der Waals surface area contributed by atoms with Gasteiger partial charge in [0.25, 0.3) is 0 Å². The highest BCUT2D eigenvalue weighted by atomic mass is 19.4. The Kier molecular flexibility index (Phi) is 4.18. The minimum absolute atomic E-state index is 0.0309. The van der Waals surface area contributed by atoms with Gasteiger partial charge in [-0.3, -0.25) is 4.79 Å². The number of halogens is 3. The number of hydrogen-bond donors (Lipinski definition) is 2. The molecule has 0 aliphatic carbocycles. The van der Waals surface area contributed by atoms with Gasteiger partial charge in [-0.1, -0.05) is 0 Å². The van der Waals surface area contributed by atoms with Crippen LogP contribution in [0.4, 0.5) is 24.5 Å². The van der Waals surface area contributed by atoms with Crippen LogP contribution in [0.1, 0.15) is 5.56 Å². The highest BCUT2D eigenvalue weighted by molar-refractivity contribution is 5.95. The standard InChI is InChI=1S/C11H14F3N3O/c1-17(2)6-10(18)16-9-5-7(11(12,13)14)3-4-8(9)15/h3-5H,6,15H2,1-2H3,(H,16,18). The first-order valence-electron chi connectivity index (χ1n) is 5.11. The Bertz CT molecular complexity index is 444. The van der Waals surface area contributed by atoms with Crippen molar-refractivity contribution in [1.82, 2.24) is 4.90 Å². The van der Waals surface area contributed by atoms with Crippen molar-refractivity contribution < 1.29 is 18.0 Å². The summed E-state index contributed by atoms with van der Waals surface area (Å²) in [6.45, 7) is 0.0652. The predicted octanol–water partition coefficient (Wildman–Crippen LogP) is 1.79. The molecular formula is C11H14F3N3O. The van der Waals surface area contributed by atoms with E-state index in [1.807, 2.05) is 0 Å². The molecule has 0 spiro atoms. The minimum atomic E-state index is -4.46. The molecule has 4 nitrogen and oxygen atoms in total. The molecule has 0 unspecified atom stereocenters. The zero-order valence-corrected chi connectivity index (χ0v) is 10.0. The lowest BCUT2D eigenvalue weighted by Crippen LogP contribution is -2.27. The second-order valence-corrected chi connectivity index (χ2v) is 4.09. The molecule has 0 bridgehead atoms. The molecule has 0 heterocycles. The lowest BCUT2D eigenvalue weighted by atomic mass is 10.1. The van der Waals surface area contributed by atoms with Crippen molar-refractivity contribution in [2.45, 2.75) is 6.18 Å². The van der Waals surface area contributed by atoms with Crippen LogP contribution >= 0.6 is 0 Å². The first-order valence-corrected chi connectivity index (χ1v) is 5.11. The summed E-state index contributed by atoms with van der Waals surface area (Å²) >= 11 is 0. The second kappa shape index (κ2) is 5.26. The molecule has 0 saturated carbocycles. The summed E-state index contributed by atoms with van der Waals surface area (Å²) in [5, 5.41) is 2.35. The van der Waals surface area contributed by atoms with E-state index in [0.29, 0.717) is 0 Å². The van der Waals surface area contributed by atoms with Gasteiger partial charge in [-0.25, -0.2) is 0 Å². The zero-order valence-electron chi connectivity index (χ0n) is 10.0. The molecule has 0 aromatic heterocycles. The average molecular weight is 261 g/mol. The average Bonchev–Trinajstić information content (AvgIpc) is 2.18. The summed E-state index contributed by atoms with van der Waals surface area (Å²) in [5.74, 6) is -0.425. The molecule has 0 fully saturated rings. The van der Waals surface area contributed by atoms with Gasteiger partial charge in [0.1, 0.15) is 0 Å². The first kappa shape index (κ1) is 14.3. The second-order valence-electron chi connectivity index (χ2n) is 4.09. The van der Waals surface area contributed by atoms with Crippen LogP contribution < -0.4 is 11.1 Å². The van der Waals surface area contributed by atoms with Crippen molar-refractivity contribution in [3.8, 4) is 0 Å². The molecule has 1 amide bonds. The quantitative estimate of drug-likeness (QED) is 0.815. The predicted molar refractivity (Wildman–Crippen MR) is 63.0 cm³/mol. The van der Waals surface area contributed by atoms with E-state index in [4.69, 9.17) is 5.73 Å². The molecule has 1 rings (SSSR count). The van der Waals surface area contributed by atoms with Gasteiger partial charge in [-0.2, -0.15) is 13.2 Å². The maximum absolute atomic E-state index is 12.5. The Labute approximate surface area is 103 Å². The molecule has 7 heteroatoms. The van der Waals surface area contributed by atoms with Crippen LogP contribution in [0.3, 0.4) is 0 Å². The number of benzene rings is 1. The summed E-state index contributed by atoms with van der Waals surface area (Å²) in [7, 11) is 3.35. The van der Waals surface area contributed by atoms with Crippen LogP contribution in [0, 0.1) is 0 Å². The van der Waals surface area contributed by atoms with Crippen molar-refractivity contribution in [2.75, 3.05) is 31.7 Å². The highest BCUT2D eigenvalue weighted by Gasteiger charge is 2.31. The van der Waals surface area contributed by atoms with Crippen molar-refractivity contribution >= 4 is 17.3 Å². The van der Waals surface area contributed by atoms with Crippen LogP contribution in [0.15, 0.2) is 18.2 Å². The van der Waals surface area contributed by atoms with Crippen molar-refractivity contribution in [2.24, 2.45) is 0 Å². The topological polar surface area (TPSA) is 58.4 Å². The van der Waals surface area contributed by atoms with E-state index >= 15 is 0 Å². The molecule has 0 saturated heterocycles. The number of anilines is 2. The number of nitrogens with two attached hydrogens (primary N) is 1. The Morgan fingerprint density at radius 1 is 1.39 bits per heavy atom. The molecule has 100 valence electrons. The maximum atomic E-state index is 12.5. The fraction of sp³-hybridized carbons (Fsp3) is 0.364. The molecule has 0 aliphatic heterocycles. The summed E-state index contributed by atoms with van der Waals surface area (Å²) in [6, 6.07) is 2.81. The van der Waals surface area contributed by atoms with Gasteiger partial charge in [-0.05, 0) is 32.3 Å². The third-order valence-corrected chi connectivity index (χ3v) is 2.11. The van der Waals surface area contributed by atoms with Crippen molar-refractivity contribution in [3.63, 3.8) is 0 Å². The molecule has 18 heavy (non-hydrogen) atoms. The molecule has 3 N–H and O–H groups in total. The maximum Gasteiger partial charge on any atom is 0.416 e. The van der Waals surface area contributed by atoms with Gasteiger partial charge in [0.15, 0.2) is 0 Å². The van der Waals surface area contributed by atoms with Crippen LogP contribution in [0.5, 0.6) is 0 Å². The Hall–Kier alpha value is -1.76. The van der Waals surface area contributed by atoms with Crippen LogP contribution in [-0.2, 0) is 11.0 Å². The zero-order chi connectivity index (χ0) is 13.9. The van der Waals surface area contributed by atoms with E-state index in [1.165, 1.54) is 0 Å². The van der Waals surface area contributed by atoms with E-state index in [2.05, 4.69) is 5.32 Å². The molecule has 0 aliphatic rings. The normalized spacial score (nSPS) is 11.7. The van der Waals surface area contributed by atoms with Gasteiger partial charge in [0, 0.05) is 0 Å². The number of rotatable bonds is 3. The highest BCUT2D eigenvalue weighted by Crippen LogP contribution is 2.32. The smallest absolute Gasteiger partial charge is 0.397 e. The summed E-state index contributed by atoms with van der Waals surface area (Å²) in [6.07, 6.45) is -4.46. The van der Waals surface area contributed by atoms with Gasteiger partial charge >= 0.3 is 6.18 Å².